The van der Waals surface area contributed by atoms with Crippen LogP contribution in [0, 0.1) is 20.8 Å². The van der Waals surface area contributed by atoms with Crippen molar-refractivity contribution in [1.29, 1.82) is 0 Å². The Kier molecular flexibility index (Phi) is 11.6. The van der Waals surface area contributed by atoms with Crippen molar-refractivity contribution < 1.29 is 53.5 Å². The molecule has 4 aromatic rings. The number of nitrogens with zero attached hydrogens (tertiary/aromatic N) is 2. The first kappa shape index (κ1) is 32.0. The molecule has 1 heterocycles. The van der Waals surface area contributed by atoms with E-state index in [2.05, 4.69) is 37.1 Å². The summed E-state index contributed by atoms with van der Waals surface area (Å²) in [6, 6.07) is 17.4. The van der Waals surface area contributed by atoms with Gasteiger partial charge >= 0.3 is 35.3 Å². The van der Waals surface area contributed by atoms with Gasteiger partial charge < -0.3 is 29.4 Å². The van der Waals surface area contributed by atoms with Gasteiger partial charge in [-0.25, -0.2) is 4.79 Å². The van der Waals surface area contributed by atoms with Crippen LogP contribution in [-0.2, 0) is 17.9 Å². The minimum Gasteiger partial charge on any atom is -0.494 e. The molecule has 4 rings (SSSR count). The van der Waals surface area contributed by atoms with Crippen LogP contribution in [0.4, 0.5) is 0 Å². The van der Waals surface area contributed by atoms with Crippen molar-refractivity contribution >= 4 is 5.91 Å². The largest absolute Gasteiger partial charge is 1.00 e. The van der Waals surface area contributed by atoms with Crippen LogP contribution in [0.25, 0.3) is 11.1 Å². The van der Waals surface area contributed by atoms with Crippen molar-refractivity contribution in [2.45, 2.75) is 40.3 Å². The third kappa shape index (κ3) is 8.46. The maximum atomic E-state index is 11.6. The standard InChI is InChI=1S/C30H33N3O7.Na/c1-19-14-25(38-13-5-12-31-27(35)17-34)15-20(2)28(19)26-7-4-6-23(21(26)3)18-39-24-10-8-22(9-11-24)16-33-29(36)32-30(37)40-33;/h4,6-11,14-15,34H,5,12-13,16-18H2,1-3H3,(H2,31,32,35,36,37);/q;+1/p-1. The summed E-state index contributed by atoms with van der Waals surface area (Å²) in [4.78, 5) is 37.0. The number of amides is 1. The minimum atomic E-state index is -0.907. The topological polar surface area (TPSA) is 134 Å². The quantitative estimate of drug-likeness (QED) is 0.178. The van der Waals surface area contributed by atoms with Gasteiger partial charge in [0.25, 0.3) is 0 Å². The summed E-state index contributed by atoms with van der Waals surface area (Å²) in [5, 5.41) is 11.4. The second kappa shape index (κ2) is 14.9. The summed E-state index contributed by atoms with van der Waals surface area (Å²) in [6.45, 7) is 7.09. The number of benzene rings is 3. The van der Waals surface area contributed by atoms with Gasteiger partial charge in [0, 0.05) is 13.1 Å². The molecule has 2 N–H and O–H groups in total. The van der Waals surface area contributed by atoms with E-state index in [-0.39, 0.29) is 36.1 Å². The molecule has 0 aliphatic heterocycles. The third-order valence-electron chi connectivity index (χ3n) is 6.51. The van der Waals surface area contributed by atoms with E-state index in [9.17, 15) is 14.4 Å². The van der Waals surface area contributed by atoms with Crippen molar-refractivity contribution in [3.63, 3.8) is 0 Å². The van der Waals surface area contributed by atoms with Crippen LogP contribution < -0.4 is 60.8 Å². The zero-order chi connectivity index (χ0) is 28.6. The molecule has 0 unspecified atom stereocenters. The van der Waals surface area contributed by atoms with Gasteiger partial charge in [-0.2, -0.15) is 0 Å². The SMILES string of the molecule is Cc1cc(OCCCNC(=O)CO)cc(C)c1-c1cccc(COc2ccc(Cn3oc(=O)[n-]c3=O)cc2)c1C.[Na+]. The number of hydrogen-bond donors (Lipinski definition) is 2. The summed E-state index contributed by atoms with van der Waals surface area (Å²) < 4.78 is 17.6. The van der Waals surface area contributed by atoms with E-state index >= 15 is 0 Å². The number of ether oxygens (including phenoxy) is 2. The van der Waals surface area contributed by atoms with E-state index in [1.54, 1.807) is 12.1 Å². The summed E-state index contributed by atoms with van der Waals surface area (Å²) in [6.07, 6.45) is 0.638. The molecule has 210 valence electrons. The molecule has 0 saturated carbocycles. The normalized spacial score (nSPS) is 10.6. The second-order valence-corrected chi connectivity index (χ2v) is 9.45. The van der Waals surface area contributed by atoms with Gasteiger partial charge in [0.05, 0.1) is 6.61 Å². The molecule has 0 atom stereocenters. The summed E-state index contributed by atoms with van der Waals surface area (Å²) in [5.41, 5.74) is 6.70. The minimum absolute atomic E-state index is 0. The number of carbonyl (C=O) groups is 1. The average molecular weight is 570 g/mol. The molecule has 1 amide bonds. The fourth-order valence-electron chi connectivity index (χ4n) is 4.49. The van der Waals surface area contributed by atoms with Crippen LogP contribution in [0.3, 0.4) is 0 Å². The first-order valence-corrected chi connectivity index (χ1v) is 12.9. The zero-order valence-electron chi connectivity index (χ0n) is 23.7. The van der Waals surface area contributed by atoms with Crippen LogP contribution in [-0.4, -0.2) is 35.5 Å². The molecule has 11 heteroatoms. The van der Waals surface area contributed by atoms with Crippen molar-refractivity contribution in [1.82, 2.24) is 15.0 Å². The van der Waals surface area contributed by atoms with Crippen LogP contribution >= 0.6 is 0 Å². The zero-order valence-corrected chi connectivity index (χ0v) is 25.7. The van der Waals surface area contributed by atoms with Gasteiger partial charge in [0.15, 0.2) is 5.69 Å². The van der Waals surface area contributed by atoms with E-state index in [1.807, 2.05) is 36.4 Å². The molecule has 10 nitrogen and oxygen atoms in total. The maximum absolute atomic E-state index is 11.6. The molecular formula is C30H32N3NaO7. The number of carbonyl (C=O) groups excluding carboxylic acids is 1. The molecular weight excluding hydrogens is 537 g/mol. The van der Waals surface area contributed by atoms with E-state index in [1.165, 1.54) is 0 Å². The van der Waals surface area contributed by atoms with Crippen LogP contribution in [0.15, 0.2) is 68.7 Å². The van der Waals surface area contributed by atoms with Gasteiger partial charge in [-0.3, -0.25) is 14.3 Å². The summed E-state index contributed by atoms with van der Waals surface area (Å²) >= 11 is 0. The molecule has 3 aromatic carbocycles. The van der Waals surface area contributed by atoms with E-state index < -0.39 is 24.0 Å². The number of aromatic nitrogens is 2. The van der Waals surface area contributed by atoms with Crippen molar-refractivity contribution in [3.05, 3.63) is 103 Å². The van der Waals surface area contributed by atoms with Crippen LogP contribution in [0.1, 0.15) is 34.2 Å². The van der Waals surface area contributed by atoms with Crippen molar-refractivity contribution in [2.24, 2.45) is 0 Å². The molecule has 41 heavy (non-hydrogen) atoms. The molecule has 0 aliphatic carbocycles. The van der Waals surface area contributed by atoms with Crippen LogP contribution in [0.5, 0.6) is 11.5 Å². The third-order valence-corrected chi connectivity index (χ3v) is 6.51. The fraction of sp³-hybridized carbons (Fsp3) is 0.300. The smallest absolute Gasteiger partial charge is 0.494 e. The van der Waals surface area contributed by atoms with Gasteiger partial charge in [-0.1, -0.05) is 30.3 Å². The average Bonchev–Trinajstić information content (AvgIpc) is 3.24. The molecule has 0 saturated heterocycles. The van der Waals surface area contributed by atoms with E-state index in [0.29, 0.717) is 31.9 Å². The molecule has 0 radical (unpaired) electrons. The van der Waals surface area contributed by atoms with Crippen molar-refractivity contribution in [3.8, 4) is 22.6 Å². The number of rotatable bonds is 12. The number of aliphatic hydroxyl groups excluding tert-OH is 1. The number of aliphatic hydroxyl groups is 1. The van der Waals surface area contributed by atoms with Crippen LogP contribution in [0.2, 0.25) is 0 Å². The monoisotopic (exact) mass is 569 g/mol. The first-order valence-electron chi connectivity index (χ1n) is 12.9. The fourth-order valence-corrected chi connectivity index (χ4v) is 4.49. The Labute approximate surface area is 259 Å². The Morgan fingerprint density at radius 2 is 1.71 bits per heavy atom. The van der Waals surface area contributed by atoms with Gasteiger partial charge in [-0.05, 0) is 90.4 Å². The molecule has 0 bridgehead atoms. The Morgan fingerprint density at radius 1 is 1.00 bits per heavy atom. The number of nitrogens with one attached hydrogen (secondary N) is 1. The second-order valence-electron chi connectivity index (χ2n) is 9.45. The first-order chi connectivity index (χ1) is 19.2. The van der Waals surface area contributed by atoms with Gasteiger partial charge in [0.1, 0.15) is 24.7 Å². The number of aryl methyl sites for hydroxylation is 2. The molecule has 0 fully saturated rings. The van der Waals surface area contributed by atoms with Crippen molar-refractivity contribution in [2.75, 3.05) is 19.8 Å². The van der Waals surface area contributed by atoms with Gasteiger partial charge in [-0.15, -0.1) is 0 Å². The van der Waals surface area contributed by atoms with E-state index in [0.717, 1.165) is 49.4 Å². The summed E-state index contributed by atoms with van der Waals surface area (Å²) in [5.74, 6) is 0.147. The molecule has 0 aliphatic rings. The predicted octanol–water partition coefficient (Wildman–Crippen LogP) is -0.140. The summed E-state index contributed by atoms with van der Waals surface area (Å²) in [7, 11) is 0. The molecule has 0 spiro atoms. The van der Waals surface area contributed by atoms with Gasteiger partial charge in [0.2, 0.25) is 5.91 Å². The maximum Gasteiger partial charge on any atom is 1.00 e. The Balaban J connectivity index is 0.00000462. The molecule has 1 aromatic heterocycles. The Bertz CT molecular complexity index is 1570. The Hall–Kier alpha value is -3.57. The number of hydrogen-bond acceptors (Lipinski definition) is 7. The Morgan fingerprint density at radius 3 is 2.34 bits per heavy atom. The van der Waals surface area contributed by atoms with E-state index in [4.69, 9.17) is 19.1 Å². The predicted molar refractivity (Wildman–Crippen MR) is 149 cm³/mol.